The lowest BCUT2D eigenvalue weighted by Gasteiger charge is -2.16. The standard InChI is InChI=1S/C14H16F3N5O/c1-2-5-11(13-19-21-22-20-13)18-12(23)8-9-6-3-4-7-10(9)14(15,16)17/h3-4,6-7,11H,2,5,8H2,1H3,(H,18,23)(H,19,20,21,22). The molecule has 6 nitrogen and oxygen atoms in total. The lowest BCUT2D eigenvalue weighted by Crippen LogP contribution is -2.31. The number of benzene rings is 1. The largest absolute Gasteiger partial charge is 0.416 e. The Bertz CT molecular complexity index is 642. The minimum Gasteiger partial charge on any atom is -0.346 e. The zero-order valence-electron chi connectivity index (χ0n) is 12.4. The first kappa shape index (κ1) is 16.9. The number of hydrogen-bond acceptors (Lipinski definition) is 4. The van der Waals surface area contributed by atoms with Gasteiger partial charge in [-0.15, -0.1) is 10.2 Å². The molecule has 0 saturated heterocycles. The molecule has 0 bridgehead atoms. The molecule has 1 amide bonds. The van der Waals surface area contributed by atoms with Crippen molar-refractivity contribution >= 4 is 5.91 Å². The molecule has 23 heavy (non-hydrogen) atoms. The number of alkyl halides is 3. The first-order valence-electron chi connectivity index (χ1n) is 7.09. The van der Waals surface area contributed by atoms with Gasteiger partial charge in [-0.3, -0.25) is 4.79 Å². The second-order valence-electron chi connectivity index (χ2n) is 5.01. The summed E-state index contributed by atoms with van der Waals surface area (Å²) in [4.78, 5) is 12.1. The zero-order chi connectivity index (χ0) is 16.9. The van der Waals surface area contributed by atoms with Gasteiger partial charge in [0.05, 0.1) is 18.0 Å². The molecule has 1 heterocycles. The summed E-state index contributed by atoms with van der Waals surface area (Å²) >= 11 is 0. The number of tetrazole rings is 1. The van der Waals surface area contributed by atoms with Crippen molar-refractivity contribution in [3.8, 4) is 0 Å². The average molecular weight is 327 g/mol. The van der Waals surface area contributed by atoms with Crippen molar-refractivity contribution in [1.29, 1.82) is 0 Å². The number of nitrogens with one attached hydrogen (secondary N) is 2. The smallest absolute Gasteiger partial charge is 0.346 e. The van der Waals surface area contributed by atoms with Crippen molar-refractivity contribution in [2.45, 2.75) is 38.4 Å². The van der Waals surface area contributed by atoms with E-state index >= 15 is 0 Å². The van der Waals surface area contributed by atoms with Gasteiger partial charge >= 0.3 is 6.18 Å². The highest BCUT2D eigenvalue weighted by atomic mass is 19.4. The van der Waals surface area contributed by atoms with Crippen LogP contribution in [0.3, 0.4) is 0 Å². The predicted molar refractivity (Wildman–Crippen MR) is 75.1 cm³/mol. The van der Waals surface area contributed by atoms with Gasteiger partial charge in [0.25, 0.3) is 0 Å². The minimum atomic E-state index is -4.49. The lowest BCUT2D eigenvalue weighted by atomic mass is 10.0. The number of hydrogen-bond donors (Lipinski definition) is 2. The topological polar surface area (TPSA) is 83.6 Å². The molecule has 1 aromatic heterocycles. The van der Waals surface area contributed by atoms with Crippen molar-refractivity contribution in [2.75, 3.05) is 0 Å². The molecule has 0 fully saturated rings. The predicted octanol–water partition coefficient (Wildman–Crippen LogP) is 2.42. The number of amides is 1. The summed E-state index contributed by atoms with van der Waals surface area (Å²) in [6, 6.07) is 4.55. The molecule has 1 atom stereocenters. The third kappa shape index (κ3) is 4.51. The van der Waals surface area contributed by atoms with Gasteiger partial charge in [0.1, 0.15) is 0 Å². The average Bonchev–Trinajstić information content (AvgIpc) is 3.00. The van der Waals surface area contributed by atoms with E-state index in [2.05, 4.69) is 25.9 Å². The fourth-order valence-corrected chi connectivity index (χ4v) is 2.24. The number of carbonyl (C=O) groups is 1. The fraction of sp³-hybridized carbons (Fsp3) is 0.429. The van der Waals surface area contributed by atoms with Crippen molar-refractivity contribution in [2.24, 2.45) is 0 Å². The van der Waals surface area contributed by atoms with E-state index in [4.69, 9.17) is 0 Å². The zero-order valence-corrected chi connectivity index (χ0v) is 12.4. The van der Waals surface area contributed by atoms with Crippen LogP contribution >= 0.6 is 0 Å². The summed E-state index contributed by atoms with van der Waals surface area (Å²) < 4.78 is 38.8. The van der Waals surface area contributed by atoms with Crippen LogP contribution in [0.25, 0.3) is 0 Å². The Morgan fingerprint density at radius 1 is 1.35 bits per heavy atom. The summed E-state index contributed by atoms with van der Waals surface area (Å²) in [7, 11) is 0. The maximum atomic E-state index is 12.9. The lowest BCUT2D eigenvalue weighted by molar-refractivity contribution is -0.138. The Labute approximate surface area is 130 Å². The third-order valence-electron chi connectivity index (χ3n) is 3.26. The van der Waals surface area contributed by atoms with E-state index < -0.39 is 23.7 Å². The van der Waals surface area contributed by atoms with Crippen molar-refractivity contribution in [3.63, 3.8) is 0 Å². The molecule has 2 rings (SSSR count). The van der Waals surface area contributed by atoms with Gasteiger partial charge in [-0.05, 0) is 18.1 Å². The van der Waals surface area contributed by atoms with Crippen LogP contribution in [-0.4, -0.2) is 26.5 Å². The summed E-state index contributed by atoms with van der Waals surface area (Å²) in [6.07, 6.45) is -3.55. The van der Waals surface area contributed by atoms with Crippen molar-refractivity contribution in [1.82, 2.24) is 25.9 Å². The van der Waals surface area contributed by atoms with Crippen LogP contribution in [0.4, 0.5) is 13.2 Å². The van der Waals surface area contributed by atoms with Gasteiger partial charge in [0, 0.05) is 0 Å². The van der Waals surface area contributed by atoms with E-state index in [0.29, 0.717) is 12.2 Å². The molecule has 0 aliphatic rings. The van der Waals surface area contributed by atoms with Gasteiger partial charge < -0.3 is 5.32 Å². The highest BCUT2D eigenvalue weighted by Crippen LogP contribution is 2.32. The molecule has 0 saturated carbocycles. The van der Waals surface area contributed by atoms with Crippen LogP contribution in [0.2, 0.25) is 0 Å². The number of aromatic amines is 1. The number of carbonyl (C=O) groups excluding carboxylic acids is 1. The maximum absolute atomic E-state index is 12.9. The van der Waals surface area contributed by atoms with Crippen LogP contribution in [0, 0.1) is 0 Å². The highest BCUT2D eigenvalue weighted by molar-refractivity contribution is 5.79. The first-order chi connectivity index (χ1) is 10.9. The second-order valence-corrected chi connectivity index (χ2v) is 5.01. The van der Waals surface area contributed by atoms with E-state index in [-0.39, 0.29) is 12.0 Å². The normalized spacial score (nSPS) is 12.9. The Kier molecular flexibility index (Phi) is 5.30. The molecule has 2 aromatic rings. The molecule has 0 aliphatic carbocycles. The number of aromatic nitrogens is 4. The summed E-state index contributed by atoms with van der Waals surface area (Å²) in [5.74, 6) is -0.214. The van der Waals surface area contributed by atoms with Crippen LogP contribution in [-0.2, 0) is 17.4 Å². The third-order valence-corrected chi connectivity index (χ3v) is 3.26. The van der Waals surface area contributed by atoms with Gasteiger partial charge in [0.15, 0.2) is 5.82 Å². The summed E-state index contributed by atoms with van der Waals surface area (Å²) in [6.45, 7) is 1.91. The van der Waals surface area contributed by atoms with E-state index in [1.54, 1.807) is 0 Å². The Morgan fingerprint density at radius 3 is 2.70 bits per heavy atom. The van der Waals surface area contributed by atoms with E-state index in [0.717, 1.165) is 12.5 Å². The molecule has 0 radical (unpaired) electrons. The van der Waals surface area contributed by atoms with Crippen molar-refractivity contribution in [3.05, 3.63) is 41.2 Å². The first-order valence-corrected chi connectivity index (χ1v) is 7.09. The Balaban J connectivity index is 2.10. The van der Waals surface area contributed by atoms with E-state index in [1.807, 2.05) is 6.92 Å². The van der Waals surface area contributed by atoms with Crippen LogP contribution in [0.15, 0.2) is 24.3 Å². The summed E-state index contributed by atoms with van der Waals surface area (Å²) in [5.41, 5.74) is -0.873. The van der Waals surface area contributed by atoms with Gasteiger partial charge in [-0.1, -0.05) is 36.8 Å². The SMILES string of the molecule is CCCC(NC(=O)Cc1ccccc1C(F)(F)F)c1nn[nH]n1. The van der Waals surface area contributed by atoms with E-state index in [1.165, 1.54) is 18.2 Å². The Hall–Kier alpha value is -2.45. The molecule has 0 spiro atoms. The maximum Gasteiger partial charge on any atom is 0.416 e. The van der Waals surface area contributed by atoms with Gasteiger partial charge in [-0.25, -0.2) is 0 Å². The highest BCUT2D eigenvalue weighted by Gasteiger charge is 2.33. The number of halogens is 3. The minimum absolute atomic E-state index is 0.0686. The molecular formula is C14H16F3N5O. The Morgan fingerprint density at radius 2 is 2.09 bits per heavy atom. The van der Waals surface area contributed by atoms with Crippen LogP contribution < -0.4 is 5.32 Å². The van der Waals surface area contributed by atoms with Gasteiger partial charge in [0.2, 0.25) is 5.91 Å². The summed E-state index contributed by atoms with van der Waals surface area (Å²) in [5, 5.41) is 16.0. The molecular weight excluding hydrogens is 311 g/mol. The van der Waals surface area contributed by atoms with E-state index in [9.17, 15) is 18.0 Å². The second kappa shape index (κ2) is 7.21. The molecule has 2 N–H and O–H groups in total. The number of nitrogens with zero attached hydrogens (tertiary/aromatic N) is 3. The fourth-order valence-electron chi connectivity index (χ4n) is 2.24. The molecule has 1 unspecified atom stereocenters. The number of rotatable bonds is 6. The molecule has 124 valence electrons. The van der Waals surface area contributed by atoms with Gasteiger partial charge in [-0.2, -0.15) is 18.4 Å². The van der Waals surface area contributed by atoms with Crippen LogP contribution in [0.1, 0.15) is 42.8 Å². The molecule has 1 aromatic carbocycles. The monoisotopic (exact) mass is 327 g/mol. The number of H-pyrrole nitrogens is 1. The quantitative estimate of drug-likeness (QED) is 0.853. The van der Waals surface area contributed by atoms with Crippen molar-refractivity contribution < 1.29 is 18.0 Å². The molecule has 9 heteroatoms. The molecule has 0 aliphatic heterocycles. The van der Waals surface area contributed by atoms with Crippen LogP contribution in [0.5, 0.6) is 0 Å².